The molecule has 2 aliphatic carbocycles. The molecule has 1 saturated carbocycles. The normalized spacial score (nSPS) is 24.6. The van der Waals surface area contributed by atoms with Crippen molar-refractivity contribution in [2.75, 3.05) is 14.2 Å². The zero-order valence-electron chi connectivity index (χ0n) is 11.9. The third-order valence-electron chi connectivity index (χ3n) is 4.36. The maximum Gasteiger partial charge on any atom is 0.157 e. The fourth-order valence-corrected chi connectivity index (χ4v) is 3.07. The summed E-state index contributed by atoms with van der Waals surface area (Å²) in [6, 6.07) is 0.411. The van der Waals surface area contributed by atoms with Crippen LogP contribution in [0.4, 0.5) is 0 Å². The molecule has 2 aliphatic rings. The van der Waals surface area contributed by atoms with Crippen molar-refractivity contribution >= 4 is 0 Å². The Hall–Kier alpha value is -1.00. The molecule has 0 aromatic carbocycles. The van der Waals surface area contributed by atoms with Gasteiger partial charge in [0, 0.05) is 30.6 Å². The molecule has 19 heavy (non-hydrogen) atoms. The molecule has 1 aromatic rings. The van der Waals surface area contributed by atoms with Gasteiger partial charge < -0.3 is 10.1 Å². The number of ether oxygens (including phenoxy) is 1. The smallest absolute Gasteiger partial charge is 0.157 e. The van der Waals surface area contributed by atoms with Crippen LogP contribution in [-0.4, -0.2) is 24.1 Å². The van der Waals surface area contributed by atoms with Crippen molar-refractivity contribution in [2.24, 2.45) is 5.92 Å². The molecule has 4 nitrogen and oxygen atoms in total. The van der Waals surface area contributed by atoms with Crippen molar-refractivity contribution in [3.63, 3.8) is 0 Å². The molecule has 0 bridgehead atoms. The molecule has 1 aromatic heterocycles. The van der Waals surface area contributed by atoms with Crippen LogP contribution in [0, 0.1) is 5.92 Å². The van der Waals surface area contributed by atoms with Crippen LogP contribution in [-0.2, 0) is 11.2 Å². The van der Waals surface area contributed by atoms with E-state index in [-0.39, 0.29) is 6.10 Å². The molecule has 0 aliphatic heterocycles. The molecule has 104 valence electrons. The predicted molar refractivity (Wildman–Crippen MR) is 73.9 cm³/mol. The van der Waals surface area contributed by atoms with Gasteiger partial charge in [0.25, 0.3) is 0 Å². The van der Waals surface area contributed by atoms with Crippen LogP contribution in [0.1, 0.15) is 61.3 Å². The van der Waals surface area contributed by atoms with Gasteiger partial charge in [-0.15, -0.1) is 0 Å². The monoisotopic (exact) mass is 261 g/mol. The zero-order valence-corrected chi connectivity index (χ0v) is 11.9. The summed E-state index contributed by atoms with van der Waals surface area (Å²) in [4.78, 5) is 9.42. The molecular weight excluding hydrogens is 238 g/mol. The summed E-state index contributed by atoms with van der Waals surface area (Å²) in [6.07, 6.45) is 9.36. The van der Waals surface area contributed by atoms with E-state index in [0.717, 1.165) is 12.2 Å². The second-order valence-electron chi connectivity index (χ2n) is 5.71. The van der Waals surface area contributed by atoms with Crippen LogP contribution in [0.15, 0.2) is 6.20 Å². The molecule has 3 rings (SSSR count). The molecule has 4 heteroatoms. The van der Waals surface area contributed by atoms with Crippen LogP contribution in [0.25, 0.3) is 0 Å². The Morgan fingerprint density at radius 1 is 1.32 bits per heavy atom. The van der Waals surface area contributed by atoms with Gasteiger partial charge in [0.2, 0.25) is 0 Å². The number of hydrogen-bond acceptors (Lipinski definition) is 4. The summed E-state index contributed by atoms with van der Waals surface area (Å²) in [5.41, 5.74) is 2.51. The summed E-state index contributed by atoms with van der Waals surface area (Å²) in [5, 5.41) is 3.39. The van der Waals surface area contributed by atoms with Crippen LogP contribution in [0.3, 0.4) is 0 Å². The maximum absolute atomic E-state index is 5.60. The Morgan fingerprint density at radius 2 is 2.16 bits per heavy atom. The van der Waals surface area contributed by atoms with Crippen molar-refractivity contribution in [3.8, 4) is 0 Å². The van der Waals surface area contributed by atoms with Crippen LogP contribution in [0.2, 0.25) is 0 Å². The standard InChI is InChI=1S/C15H23N3O/c1-16-12-5-3-4-6-13-11(12)9-17-15(18-13)14(19-2)10-7-8-10/h9-10,12,14,16H,3-8H2,1-2H3. The molecule has 2 atom stereocenters. The summed E-state index contributed by atoms with van der Waals surface area (Å²) >= 11 is 0. The number of methoxy groups -OCH3 is 1. The van der Waals surface area contributed by atoms with Crippen molar-refractivity contribution in [1.82, 2.24) is 15.3 Å². The van der Waals surface area contributed by atoms with Gasteiger partial charge in [-0.2, -0.15) is 0 Å². The molecule has 0 spiro atoms. The van der Waals surface area contributed by atoms with Gasteiger partial charge in [-0.05, 0) is 45.1 Å². The second-order valence-corrected chi connectivity index (χ2v) is 5.71. The highest BCUT2D eigenvalue weighted by Crippen LogP contribution is 2.42. The molecule has 0 saturated heterocycles. The number of fused-ring (bicyclic) bond motifs is 1. The van der Waals surface area contributed by atoms with E-state index >= 15 is 0 Å². The maximum atomic E-state index is 5.60. The van der Waals surface area contributed by atoms with E-state index in [4.69, 9.17) is 9.72 Å². The lowest BCUT2D eigenvalue weighted by Gasteiger charge is -2.18. The zero-order chi connectivity index (χ0) is 13.2. The van der Waals surface area contributed by atoms with E-state index in [9.17, 15) is 0 Å². The van der Waals surface area contributed by atoms with E-state index < -0.39 is 0 Å². The predicted octanol–water partition coefficient (Wildman–Crippen LogP) is 2.56. The van der Waals surface area contributed by atoms with Gasteiger partial charge in [-0.1, -0.05) is 6.42 Å². The van der Waals surface area contributed by atoms with Crippen molar-refractivity contribution < 1.29 is 4.74 Å². The third kappa shape index (κ3) is 2.65. The van der Waals surface area contributed by atoms with Crippen molar-refractivity contribution in [2.45, 2.75) is 50.7 Å². The number of nitrogens with one attached hydrogen (secondary N) is 1. The van der Waals surface area contributed by atoms with Crippen LogP contribution >= 0.6 is 0 Å². The first kappa shape index (κ1) is 13.0. The Balaban J connectivity index is 1.91. The molecule has 2 unspecified atom stereocenters. The quantitative estimate of drug-likeness (QED) is 0.846. The third-order valence-corrected chi connectivity index (χ3v) is 4.36. The second kappa shape index (κ2) is 5.55. The number of aryl methyl sites for hydroxylation is 1. The van der Waals surface area contributed by atoms with Gasteiger partial charge in [0.15, 0.2) is 5.82 Å². The fraction of sp³-hybridized carbons (Fsp3) is 0.733. The van der Waals surface area contributed by atoms with Gasteiger partial charge in [-0.25, -0.2) is 9.97 Å². The summed E-state index contributed by atoms with van der Waals surface area (Å²) in [7, 11) is 3.80. The van der Waals surface area contributed by atoms with E-state index in [1.807, 2.05) is 13.2 Å². The van der Waals surface area contributed by atoms with Crippen LogP contribution in [0.5, 0.6) is 0 Å². The van der Waals surface area contributed by atoms with Gasteiger partial charge in [0.1, 0.15) is 6.10 Å². The summed E-state index contributed by atoms with van der Waals surface area (Å²) < 4.78 is 5.60. The van der Waals surface area contributed by atoms with Crippen molar-refractivity contribution in [1.29, 1.82) is 0 Å². The lowest BCUT2D eigenvalue weighted by Crippen LogP contribution is -2.19. The fourth-order valence-electron chi connectivity index (χ4n) is 3.07. The SMILES string of the molecule is CNC1CCCCc2nc(C(OC)C3CC3)ncc21. The Morgan fingerprint density at radius 3 is 2.84 bits per heavy atom. The first-order chi connectivity index (χ1) is 9.33. The number of rotatable bonds is 4. The Kier molecular flexibility index (Phi) is 3.80. The Bertz CT molecular complexity index is 445. The minimum atomic E-state index is 0.0987. The first-order valence-electron chi connectivity index (χ1n) is 7.39. The minimum Gasteiger partial charge on any atom is -0.373 e. The van der Waals surface area contributed by atoms with Crippen LogP contribution < -0.4 is 5.32 Å². The van der Waals surface area contributed by atoms with E-state index in [1.54, 1.807) is 7.11 Å². The highest BCUT2D eigenvalue weighted by Gasteiger charge is 2.35. The lowest BCUT2D eigenvalue weighted by molar-refractivity contribution is 0.0769. The minimum absolute atomic E-state index is 0.0987. The summed E-state index contributed by atoms with van der Waals surface area (Å²) in [6.45, 7) is 0. The lowest BCUT2D eigenvalue weighted by atomic mass is 10.0. The Labute approximate surface area is 115 Å². The number of aromatic nitrogens is 2. The molecule has 1 N–H and O–H groups in total. The van der Waals surface area contributed by atoms with E-state index in [2.05, 4.69) is 10.3 Å². The summed E-state index contributed by atoms with van der Waals surface area (Å²) in [5.74, 6) is 1.52. The first-order valence-corrected chi connectivity index (χ1v) is 7.39. The number of nitrogens with zero attached hydrogens (tertiary/aromatic N) is 2. The highest BCUT2D eigenvalue weighted by molar-refractivity contribution is 5.24. The molecule has 0 radical (unpaired) electrons. The molecule has 0 amide bonds. The van der Waals surface area contributed by atoms with Crippen molar-refractivity contribution in [3.05, 3.63) is 23.3 Å². The molecular formula is C15H23N3O. The molecule has 1 fully saturated rings. The largest absolute Gasteiger partial charge is 0.373 e. The highest BCUT2D eigenvalue weighted by atomic mass is 16.5. The van der Waals surface area contributed by atoms with E-state index in [1.165, 1.54) is 43.4 Å². The average Bonchev–Trinajstić information content (AvgIpc) is 3.25. The van der Waals surface area contributed by atoms with E-state index in [0.29, 0.717) is 12.0 Å². The molecule has 1 heterocycles. The number of hydrogen-bond donors (Lipinski definition) is 1. The van der Waals surface area contributed by atoms with Gasteiger partial charge >= 0.3 is 0 Å². The topological polar surface area (TPSA) is 47.0 Å². The van der Waals surface area contributed by atoms with Gasteiger partial charge in [-0.3, -0.25) is 0 Å². The average molecular weight is 261 g/mol. The van der Waals surface area contributed by atoms with Gasteiger partial charge in [0.05, 0.1) is 0 Å².